The maximum atomic E-state index is 12.7. The van der Waals surface area contributed by atoms with E-state index in [0.717, 1.165) is 5.75 Å². The number of carbonyl (C=O) groups excluding carboxylic acids is 2. The Bertz CT molecular complexity index is 1240. The van der Waals surface area contributed by atoms with Crippen LogP contribution in [0.15, 0.2) is 69.8 Å². The highest BCUT2D eigenvalue weighted by Gasteiger charge is 2.20. The van der Waals surface area contributed by atoms with Crippen molar-refractivity contribution in [3.63, 3.8) is 0 Å². The van der Waals surface area contributed by atoms with Crippen molar-refractivity contribution in [3.05, 3.63) is 84.0 Å². The van der Waals surface area contributed by atoms with Gasteiger partial charge in [0.25, 0.3) is 11.8 Å². The Hall–Kier alpha value is -4.47. The van der Waals surface area contributed by atoms with E-state index >= 15 is 0 Å². The molecular formula is C24H24N4O6. The summed E-state index contributed by atoms with van der Waals surface area (Å²) in [5.74, 6) is 1.60. The lowest BCUT2D eigenvalue weighted by Gasteiger charge is -2.06. The summed E-state index contributed by atoms with van der Waals surface area (Å²) >= 11 is 0. The summed E-state index contributed by atoms with van der Waals surface area (Å²) in [7, 11) is 1.65. The monoisotopic (exact) mass is 464 g/mol. The molecule has 3 heterocycles. The summed E-state index contributed by atoms with van der Waals surface area (Å²) in [5, 5.41) is 9.52. The SMILES string of the molecule is CCOc1ccc(OCc2ccc(C(=O)Nc3cn(C)nc3C(=O)NCc3ccco3)o2)cc1. The van der Waals surface area contributed by atoms with Gasteiger partial charge < -0.3 is 28.9 Å². The maximum Gasteiger partial charge on any atom is 0.291 e. The minimum Gasteiger partial charge on any atom is -0.494 e. The Labute approximate surface area is 195 Å². The molecule has 0 fully saturated rings. The van der Waals surface area contributed by atoms with Crippen LogP contribution in [-0.4, -0.2) is 28.2 Å². The van der Waals surface area contributed by atoms with Crippen molar-refractivity contribution in [3.8, 4) is 11.5 Å². The van der Waals surface area contributed by atoms with Gasteiger partial charge in [-0.3, -0.25) is 14.3 Å². The molecule has 0 atom stereocenters. The first-order valence-electron chi connectivity index (χ1n) is 10.6. The van der Waals surface area contributed by atoms with Crippen LogP contribution in [0.25, 0.3) is 0 Å². The number of ether oxygens (including phenoxy) is 2. The number of furan rings is 2. The Kier molecular flexibility index (Phi) is 6.97. The van der Waals surface area contributed by atoms with Gasteiger partial charge in [-0.1, -0.05) is 0 Å². The number of hydrogen-bond acceptors (Lipinski definition) is 7. The average Bonchev–Trinajstić information content (AvgIpc) is 3.59. The third kappa shape index (κ3) is 5.66. The van der Waals surface area contributed by atoms with E-state index in [4.69, 9.17) is 18.3 Å². The summed E-state index contributed by atoms with van der Waals surface area (Å²) in [6.07, 6.45) is 3.06. The van der Waals surface area contributed by atoms with Crippen molar-refractivity contribution in [1.82, 2.24) is 15.1 Å². The Morgan fingerprint density at radius 2 is 1.76 bits per heavy atom. The lowest BCUT2D eigenvalue weighted by Crippen LogP contribution is -2.25. The molecule has 0 spiro atoms. The molecule has 10 nitrogen and oxygen atoms in total. The molecule has 0 aliphatic heterocycles. The number of amides is 2. The zero-order valence-corrected chi connectivity index (χ0v) is 18.7. The zero-order valence-electron chi connectivity index (χ0n) is 18.7. The predicted octanol–water partition coefficient (Wildman–Crippen LogP) is 3.77. The van der Waals surface area contributed by atoms with E-state index in [2.05, 4.69) is 15.7 Å². The minimum absolute atomic E-state index is 0.0769. The number of benzene rings is 1. The molecule has 0 radical (unpaired) electrons. The van der Waals surface area contributed by atoms with Gasteiger partial charge in [-0.25, -0.2) is 0 Å². The van der Waals surface area contributed by atoms with Crippen molar-refractivity contribution in [2.45, 2.75) is 20.1 Å². The van der Waals surface area contributed by atoms with Crippen molar-refractivity contribution in [2.75, 3.05) is 11.9 Å². The number of hydrogen-bond donors (Lipinski definition) is 2. The highest BCUT2D eigenvalue weighted by Crippen LogP contribution is 2.20. The molecule has 1 aromatic carbocycles. The second-order valence-electron chi connectivity index (χ2n) is 7.24. The van der Waals surface area contributed by atoms with Crippen LogP contribution >= 0.6 is 0 Å². The molecule has 0 unspecified atom stereocenters. The van der Waals surface area contributed by atoms with E-state index in [9.17, 15) is 9.59 Å². The van der Waals surface area contributed by atoms with Crippen LogP contribution in [0.4, 0.5) is 5.69 Å². The topological polar surface area (TPSA) is 121 Å². The number of anilines is 1. The summed E-state index contributed by atoms with van der Waals surface area (Å²) in [6, 6.07) is 13.9. The Morgan fingerprint density at radius 3 is 2.47 bits per heavy atom. The molecule has 4 rings (SSSR count). The predicted molar refractivity (Wildman–Crippen MR) is 122 cm³/mol. The summed E-state index contributed by atoms with van der Waals surface area (Å²) in [4.78, 5) is 25.2. The van der Waals surface area contributed by atoms with E-state index in [1.807, 2.05) is 19.1 Å². The largest absolute Gasteiger partial charge is 0.494 e. The first-order valence-corrected chi connectivity index (χ1v) is 10.6. The van der Waals surface area contributed by atoms with Gasteiger partial charge in [0.05, 0.1) is 25.1 Å². The first-order chi connectivity index (χ1) is 16.5. The van der Waals surface area contributed by atoms with Crippen LogP contribution in [0.2, 0.25) is 0 Å². The molecule has 0 aliphatic carbocycles. The fourth-order valence-corrected chi connectivity index (χ4v) is 3.13. The second-order valence-corrected chi connectivity index (χ2v) is 7.24. The highest BCUT2D eigenvalue weighted by atomic mass is 16.5. The number of nitrogens with zero attached hydrogens (tertiary/aromatic N) is 2. The van der Waals surface area contributed by atoms with Gasteiger partial charge in [0.15, 0.2) is 11.5 Å². The van der Waals surface area contributed by atoms with E-state index in [1.165, 1.54) is 10.9 Å². The van der Waals surface area contributed by atoms with Gasteiger partial charge in [-0.15, -0.1) is 0 Å². The summed E-state index contributed by atoms with van der Waals surface area (Å²) in [5.41, 5.74) is 0.334. The lowest BCUT2D eigenvalue weighted by molar-refractivity contribution is 0.0943. The van der Waals surface area contributed by atoms with E-state index in [-0.39, 0.29) is 30.3 Å². The number of aromatic nitrogens is 2. The van der Waals surface area contributed by atoms with Crippen LogP contribution in [0.3, 0.4) is 0 Å². The number of aryl methyl sites for hydroxylation is 1. The van der Waals surface area contributed by atoms with Crippen molar-refractivity contribution >= 4 is 17.5 Å². The molecule has 34 heavy (non-hydrogen) atoms. The standard InChI is InChI=1S/C24H24N4O6/c1-3-31-16-6-8-17(9-7-16)33-15-19-10-11-21(34-19)23(29)26-20-14-28(2)27-22(20)24(30)25-13-18-5-4-12-32-18/h4-12,14H,3,13,15H2,1-2H3,(H,25,30)(H,26,29). The second kappa shape index (κ2) is 10.4. The number of rotatable bonds is 10. The molecule has 2 amide bonds. The van der Waals surface area contributed by atoms with Gasteiger partial charge in [-0.05, 0) is 55.5 Å². The van der Waals surface area contributed by atoms with Gasteiger partial charge in [0, 0.05) is 13.2 Å². The van der Waals surface area contributed by atoms with Crippen molar-refractivity contribution in [1.29, 1.82) is 0 Å². The zero-order chi connectivity index (χ0) is 23.9. The summed E-state index contributed by atoms with van der Waals surface area (Å²) in [6.45, 7) is 2.86. The number of nitrogens with one attached hydrogen (secondary N) is 2. The third-order valence-electron chi connectivity index (χ3n) is 4.70. The Morgan fingerprint density at radius 1 is 1.00 bits per heavy atom. The average molecular weight is 464 g/mol. The van der Waals surface area contributed by atoms with Crippen LogP contribution in [0.1, 0.15) is 39.5 Å². The smallest absolute Gasteiger partial charge is 0.291 e. The molecule has 10 heteroatoms. The lowest BCUT2D eigenvalue weighted by atomic mass is 10.3. The first kappa shape index (κ1) is 22.7. The minimum atomic E-state index is -0.514. The molecule has 3 aromatic heterocycles. The molecule has 0 bridgehead atoms. The molecule has 4 aromatic rings. The van der Waals surface area contributed by atoms with Crippen LogP contribution in [0, 0.1) is 0 Å². The van der Waals surface area contributed by atoms with Crippen LogP contribution < -0.4 is 20.1 Å². The quantitative estimate of drug-likeness (QED) is 0.366. The van der Waals surface area contributed by atoms with Gasteiger partial charge in [-0.2, -0.15) is 5.10 Å². The van der Waals surface area contributed by atoms with E-state index < -0.39 is 11.8 Å². The van der Waals surface area contributed by atoms with Crippen molar-refractivity contribution < 1.29 is 27.9 Å². The maximum absolute atomic E-state index is 12.7. The van der Waals surface area contributed by atoms with E-state index in [1.54, 1.807) is 49.6 Å². The molecule has 0 saturated heterocycles. The fourth-order valence-electron chi connectivity index (χ4n) is 3.13. The third-order valence-corrected chi connectivity index (χ3v) is 4.70. The molecule has 2 N–H and O–H groups in total. The normalized spacial score (nSPS) is 10.6. The van der Waals surface area contributed by atoms with Crippen LogP contribution in [-0.2, 0) is 20.2 Å². The van der Waals surface area contributed by atoms with Crippen molar-refractivity contribution in [2.24, 2.45) is 7.05 Å². The fraction of sp³-hybridized carbons (Fsp3) is 0.208. The molecular weight excluding hydrogens is 440 g/mol. The summed E-state index contributed by atoms with van der Waals surface area (Å²) < 4.78 is 23.3. The van der Waals surface area contributed by atoms with Gasteiger partial charge in [0.1, 0.15) is 29.6 Å². The molecule has 0 aliphatic rings. The highest BCUT2D eigenvalue weighted by molar-refractivity contribution is 6.07. The Balaban J connectivity index is 1.34. The van der Waals surface area contributed by atoms with Gasteiger partial charge >= 0.3 is 0 Å². The van der Waals surface area contributed by atoms with Crippen LogP contribution in [0.5, 0.6) is 11.5 Å². The molecule has 176 valence electrons. The molecule has 0 saturated carbocycles. The van der Waals surface area contributed by atoms with Gasteiger partial charge in [0.2, 0.25) is 0 Å². The van der Waals surface area contributed by atoms with E-state index in [0.29, 0.717) is 23.9 Å². The number of carbonyl (C=O) groups is 2.